The highest BCUT2D eigenvalue weighted by Crippen LogP contribution is 2.29. The number of hydrogen-bond donors (Lipinski definition) is 1. The first-order valence-electron chi connectivity index (χ1n) is 10.6. The van der Waals surface area contributed by atoms with Crippen molar-refractivity contribution in [2.75, 3.05) is 5.32 Å². The fraction of sp³-hybridized carbons (Fsp3) is 0.192. The second-order valence-electron chi connectivity index (χ2n) is 8.31. The molecule has 0 fully saturated rings. The van der Waals surface area contributed by atoms with E-state index >= 15 is 0 Å². The molecule has 7 heteroatoms. The van der Waals surface area contributed by atoms with Crippen molar-refractivity contribution in [3.8, 4) is 17.1 Å². The topological polar surface area (TPSA) is 59.8 Å². The van der Waals surface area contributed by atoms with Crippen molar-refractivity contribution in [1.82, 2.24) is 14.8 Å². The molecule has 0 aliphatic heterocycles. The first-order valence-corrected chi connectivity index (χ1v) is 11.8. The van der Waals surface area contributed by atoms with E-state index in [0.29, 0.717) is 10.8 Å². The lowest BCUT2D eigenvalue weighted by atomic mass is 10.0. The van der Waals surface area contributed by atoms with E-state index in [4.69, 9.17) is 11.6 Å². The number of nitrogens with one attached hydrogen (secondary N) is 1. The van der Waals surface area contributed by atoms with E-state index < -0.39 is 0 Å². The Morgan fingerprint density at radius 1 is 1.03 bits per heavy atom. The summed E-state index contributed by atoms with van der Waals surface area (Å²) in [5.41, 5.74) is 5.59. The number of amides is 1. The lowest BCUT2D eigenvalue weighted by molar-refractivity contribution is 0.101. The minimum absolute atomic E-state index is 0.0958. The fourth-order valence-corrected chi connectivity index (χ4v) is 4.12. The molecule has 33 heavy (non-hydrogen) atoms. The number of benzene rings is 3. The van der Waals surface area contributed by atoms with Gasteiger partial charge in [0.2, 0.25) is 5.82 Å². The first-order chi connectivity index (χ1) is 15.7. The maximum Gasteiger partial charge on any atom is 0.295 e. The standard InChI is InChI=1S/C26H24BrClN4O/c1-15(2)21-14-19(27)9-12-22(21)29-26(33)24-30-25(18-7-10-20(28)11-8-18)32(31-24)23-13-16(3)5-6-17(23)4/h5-15H,1-4H3,(H,29,33). The molecule has 0 spiro atoms. The van der Waals surface area contributed by atoms with Gasteiger partial charge in [0.05, 0.1) is 5.69 Å². The zero-order valence-electron chi connectivity index (χ0n) is 18.9. The number of nitrogens with zero attached hydrogens (tertiary/aromatic N) is 3. The lowest BCUT2D eigenvalue weighted by Crippen LogP contribution is -2.16. The highest BCUT2D eigenvalue weighted by atomic mass is 79.9. The third-order valence-electron chi connectivity index (χ3n) is 5.39. The van der Waals surface area contributed by atoms with Crippen LogP contribution in [0.4, 0.5) is 5.69 Å². The molecule has 3 aromatic carbocycles. The Morgan fingerprint density at radius 2 is 1.76 bits per heavy atom. The summed E-state index contributed by atoms with van der Waals surface area (Å²) in [4.78, 5) is 17.9. The van der Waals surface area contributed by atoms with Gasteiger partial charge >= 0.3 is 0 Å². The van der Waals surface area contributed by atoms with Crippen LogP contribution < -0.4 is 5.32 Å². The van der Waals surface area contributed by atoms with E-state index in [1.165, 1.54) is 0 Å². The van der Waals surface area contributed by atoms with E-state index in [9.17, 15) is 4.79 Å². The van der Waals surface area contributed by atoms with Crippen molar-refractivity contribution in [2.24, 2.45) is 0 Å². The molecule has 0 unspecified atom stereocenters. The van der Waals surface area contributed by atoms with Gasteiger partial charge in [-0.25, -0.2) is 9.67 Å². The second-order valence-corrected chi connectivity index (χ2v) is 9.66. The average Bonchev–Trinajstić information content (AvgIpc) is 3.22. The summed E-state index contributed by atoms with van der Waals surface area (Å²) in [5, 5.41) is 8.25. The first kappa shape index (κ1) is 23.2. The lowest BCUT2D eigenvalue weighted by Gasteiger charge is -2.13. The van der Waals surface area contributed by atoms with Crippen molar-refractivity contribution < 1.29 is 4.79 Å². The molecule has 0 saturated carbocycles. The third-order valence-corrected chi connectivity index (χ3v) is 6.13. The number of carbonyl (C=O) groups is 1. The van der Waals surface area contributed by atoms with Crippen LogP contribution in [0.15, 0.2) is 65.1 Å². The Hall–Kier alpha value is -2.96. The molecule has 0 aliphatic carbocycles. The average molecular weight is 524 g/mol. The number of halogens is 2. The predicted octanol–water partition coefficient (Wildman–Crippen LogP) is 7.34. The highest BCUT2D eigenvalue weighted by molar-refractivity contribution is 9.10. The van der Waals surface area contributed by atoms with Gasteiger partial charge in [-0.1, -0.05) is 53.5 Å². The molecule has 4 rings (SSSR count). The van der Waals surface area contributed by atoms with Gasteiger partial charge in [-0.3, -0.25) is 4.79 Å². The van der Waals surface area contributed by atoms with Crippen molar-refractivity contribution in [1.29, 1.82) is 0 Å². The molecule has 1 N–H and O–H groups in total. The molecular weight excluding hydrogens is 500 g/mol. The smallest absolute Gasteiger partial charge is 0.295 e. The van der Waals surface area contributed by atoms with E-state index in [1.807, 2.05) is 62.4 Å². The Balaban J connectivity index is 1.79. The van der Waals surface area contributed by atoms with Gasteiger partial charge in [0.1, 0.15) is 0 Å². The molecular formula is C26H24BrClN4O. The van der Waals surface area contributed by atoms with Crippen LogP contribution in [0.1, 0.15) is 47.1 Å². The Bertz CT molecular complexity index is 1330. The SMILES string of the molecule is Cc1ccc(C)c(-n2nc(C(=O)Nc3ccc(Br)cc3C(C)C)nc2-c2ccc(Cl)cc2)c1. The minimum Gasteiger partial charge on any atom is -0.319 e. The number of aryl methyl sites for hydroxylation is 2. The minimum atomic E-state index is -0.363. The number of anilines is 1. The fourth-order valence-electron chi connectivity index (χ4n) is 3.61. The molecule has 0 saturated heterocycles. The maximum absolute atomic E-state index is 13.2. The van der Waals surface area contributed by atoms with Gasteiger partial charge in [0.25, 0.3) is 5.91 Å². The van der Waals surface area contributed by atoms with Crippen LogP contribution in [0.5, 0.6) is 0 Å². The maximum atomic E-state index is 13.2. The van der Waals surface area contributed by atoms with Gasteiger partial charge in [-0.15, -0.1) is 5.10 Å². The quantitative estimate of drug-likeness (QED) is 0.298. The van der Waals surface area contributed by atoms with Gasteiger partial charge < -0.3 is 5.32 Å². The Labute approximate surface area is 207 Å². The summed E-state index contributed by atoms with van der Waals surface area (Å²) in [5.74, 6) is 0.547. The highest BCUT2D eigenvalue weighted by Gasteiger charge is 2.21. The number of hydrogen-bond acceptors (Lipinski definition) is 3. The van der Waals surface area contributed by atoms with Crippen LogP contribution in [0, 0.1) is 13.8 Å². The molecule has 1 amide bonds. The van der Waals surface area contributed by atoms with Crippen LogP contribution in [-0.2, 0) is 0 Å². The second kappa shape index (κ2) is 9.49. The number of carbonyl (C=O) groups excluding carboxylic acids is 1. The van der Waals surface area contributed by atoms with E-state index in [-0.39, 0.29) is 17.6 Å². The van der Waals surface area contributed by atoms with E-state index in [2.05, 4.69) is 45.2 Å². The van der Waals surface area contributed by atoms with Crippen molar-refractivity contribution in [3.05, 3.63) is 92.7 Å². The van der Waals surface area contributed by atoms with Crippen LogP contribution in [0.2, 0.25) is 5.02 Å². The zero-order chi connectivity index (χ0) is 23.7. The molecule has 1 aromatic heterocycles. The summed E-state index contributed by atoms with van der Waals surface area (Å²) in [6.45, 7) is 8.21. The summed E-state index contributed by atoms with van der Waals surface area (Å²) < 4.78 is 2.69. The van der Waals surface area contributed by atoms with Crippen LogP contribution in [-0.4, -0.2) is 20.7 Å². The van der Waals surface area contributed by atoms with Crippen LogP contribution >= 0.6 is 27.5 Å². The molecule has 0 radical (unpaired) electrons. The molecule has 168 valence electrons. The summed E-state index contributed by atoms with van der Waals surface area (Å²) in [6, 6.07) is 19.3. The monoisotopic (exact) mass is 522 g/mol. The molecule has 0 aliphatic rings. The summed E-state index contributed by atoms with van der Waals surface area (Å²) >= 11 is 9.60. The Morgan fingerprint density at radius 3 is 2.45 bits per heavy atom. The summed E-state index contributed by atoms with van der Waals surface area (Å²) in [7, 11) is 0. The van der Waals surface area contributed by atoms with Gasteiger partial charge in [0, 0.05) is 20.7 Å². The normalized spacial score (nSPS) is 11.1. The number of rotatable bonds is 5. The molecule has 5 nitrogen and oxygen atoms in total. The molecule has 0 bridgehead atoms. The summed E-state index contributed by atoms with van der Waals surface area (Å²) in [6.07, 6.45) is 0. The van der Waals surface area contributed by atoms with Gasteiger partial charge in [-0.2, -0.15) is 0 Å². The Kier molecular flexibility index (Phi) is 6.68. The molecule has 4 aromatic rings. The molecule has 0 atom stereocenters. The van der Waals surface area contributed by atoms with E-state index in [0.717, 1.165) is 38.1 Å². The van der Waals surface area contributed by atoms with E-state index in [1.54, 1.807) is 16.8 Å². The third kappa shape index (κ3) is 5.02. The van der Waals surface area contributed by atoms with Gasteiger partial charge in [0.15, 0.2) is 5.82 Å². The largest absolute Gasteiger partial charge is 0.319 e. The van der Waals surface area contributed by atoms with Gasteiger partial charge in [-0.05, 0) is 85.0 Å². The van der Waals surface area contributed by atoms with Crippen LogP contribution in [0.25, 0.3) is 17.1 Å². The van der Waals surface area contributed by atoms with Crippen molar-refractivity contribution in [3.63, 3.8) is 0 Å². The van der Waals surface area contributed by atoms with Crippen molar-refractivity contribution >= 4 is 39.1 Å². The predicted molar refractivity (Wildman–Crippen MR) is 137 cm³/mol. The van der Waals surface area contributed by atoms with Crippen molar-refractivity contribution in [2.45, 2.75) is 33.6 Å². The number of aromatic nitrogens is 3. The molecule has 1 heterocycles. The van der Waals surface area contributed by atoms with Crippen LogP contribution in [0.3, 0.4) is 0 Å². The zero-order valence-corrected chi connectivity index (χ0v) is 21.2.